The van der Waals surface area contributed by atoms with Crippen molar-refractivity contribution in [3.05, 3.63) is 102 Å². The van der Waals surface area contributed by atoms with E-state index in [1.807, 2.05) is 67.6 Å². The molecule has 0 unspecified atom stereocenters. The van der Waals surface area contributed by atoms with E-state index in [-0.39, 0.29) is 18.1 Å². The van der Waals surface area contributed by atoms with Crippen LogP contribution in [-0.2, 0) is 11.2 Å². The Kier molecular flexibility index (Phi) is 6.08. The molecule has 0 bridgehead atoms. The average molecular weight is 479 g/mol. The smallest absolute Gasteiger partial charge is 0.258 e. The number of carbonyl (C=O) groups excluding carboxylic acids is 2. The highest BCUT2D eigenvalue weighted by molar-refractivity contribution is 7.18. The van der Waals surface area contributed by atoms with Crippen molar-refractivity contribution >= 4 is 61.2 Å². The summed E-state index contributed by atoms with van der Waals surface area (Å²) in [6.45, 7) is 5.55. The second-order valence-electron chi connectivity index (χ2n) is 8.11. The third kappa shape index (κ3) is 4.41. The first-order chi connectivity index (χ1) is 17.0. The van der Waals surface area contributed by atoms with Crippen LogP contribution < -0.4 is 10.6 Å². The summed E-state index contributed by atoms with van der Waals surface area (Å²) in [4.78, 5) is 34.1. The minimum absolute atomic E-state index is 0.0602. The number of carbonyl (C=O) groups is 2. The summed E-state index contributed by atoms with van der Waals surface area (Å²) in [6, 6.07) is 19.5. The minimum atomic E-state index is -0.231. The summed E-state index contributed by atoms with van der Waals surface area (Å²) in [5.41, 5.74) is 4.45. The predicted molar refractivity (Wildman–Crippen MR) is 143 cm³/mol. The van der Waals surface area contributed by atoms with Crippen molar-refractivity contribution in [1.29, 1.82) is 0 Å². The van der Waals surface area contributed by atoms with Gasteiger partial charge in [0.25, 0.3) is 5.91 Å². The maximum atomic E-state index is 13.2. The van der Waals surface area contributed by atoms with Crippen molar-refractivity contribution < 1.29 is 9.59 Å². The number of para-hydroxylation sites is 1. The summed E-state index contributed by atoms with van der Waals surface area (Å²) < 4.78 is 0.764. The van der Waals surface area contributed by atoms with Gasteiger partial charge in [-0.25, -0.2) is 9.97 Å². The third-order valence-electron chi connectivity index (χ3n) is 5.83. The number of nitrogens with zero attached hydrogens (tertiary/aromatic N) is 2. The topological polar surface area (TPSA) is 84.0 Å². The maximum Gasteiger partial charge on any atom is 0.258 e. The number of amides is 1. The Labute approximate surface area is 206 Å². The van der Waals surface area contributed by atoms with E-state index in [2.05, 4.69) is 27.2 Å². The molecule has 5 aromatic rings. The van der Waals surface area contributed by atoms with E-state index in [1.54, 1.807) is 5.38 Å². The van der Waals surface area contributed by atoms with Gasteiger partial charge in [0.2, 0.25) is 0 Å². The Hall–Kier alpha value is -4.36. The number of anilines is 3. The van der Waals surface area contributed by atoms with Crippen LogP contribution in [0, 0.1) is 6.92 Å². The summed E-state index contributed by atoms with van der Waals surface area (Å²) in [6.07, 6.45) is 3.01. The van der Waals surface area contributed by atoms with Gasteiger partial charge >= 0.3 is 0 Å². The van der Waals surface area contributed by atoms with Crippen LogP contribution >= 0.6 is 11.3 Å². The molecule has 0 atom stereocenters. The molecule has 0 spiro atoms. The van der Waals surface area contributed by atoms with Gasteiger partial charge in [-0.15, -0.1) is 11.3 Å². The van der Waals surface area contributed by atoms with Crippen LogP contribution in [-0.4, -0.2) is 21.7 Å². The van der Waals surface area contributed by atoms with Crippen LogP contribution in [0.1, 0.15) is 21.5 Å². The lowest BCUT2D eigenvalue weighted by Crippen LogP contribution is -2.12. The molecule has 0 aliphatic heterocycles. The van der Waals surface area contributed by atoms with E-state index >= 15 is 0 Å². The van der Waals surface area contributed by atoms with E-state index in [0.717, 1.165) is 38.0 Å². The normalized spacial score (nSPS) is 10.9. The molecule has 1 amide bonds. The average Bonchev–Trinajstić information content (AvgIpc) is 3.31. The van der Waals surface area contributed by atoms with Crippen LogP contribution in [0.3, 0.4) is 0 Å². The zero-order valence-electron chi connectivity index (χ0n) is 19.0. The first-order valence-electron chi connectivity index (χ1n) is 11.1. The second kappa shape index (κ2) is 9.48. The van der Waals surface area contributed by atoms with Crippen molar-refractivity contribution in [3.8, 4) is 0 Å². The molecule has 0 aliphatic carbocycles. The first kappa shape index (κ1) is 22.4. The number of allylic oxidation sites excluding steroid dienone is 1. The molecule has 6 nitrogen and oxygen atoms in total. The van der Waals surface area contributed by atoms with Crippen LogP contribution in [0.25, 0.3) is 21.0 Å². The van der Waals surface area contributed by atoms with Gasteiger partial charge in [-0.05, 0) is 35.6 Å². The largest absolute Gasteiger partial charge is 0.338 e. The van der Waals surface area contributed by atoms with E-state index in [4.69, 9.17) is 0 Å². The van der Waals surface area contributed by atoms with Crippen molar-refractivity contribution in [1.82, 2.24) is 9.97 Å². The quantitative estimate of drug-likeness (QED) is 0.263. The Morgan fingerprint density at radius 1 is 1.03 bits per heavy atom. The Morgan fingerprint density at radius 3 is 2.69 bits per heavy atom. The van der Waals surface area contributed by atoms with E-state index in [9.17, 15) is 9.59 Å². The van der Waals surface area contributed by atoms with Gasteiger partial charge < -0.3 is 10.6 Å². The van der Waals surface area contributed by atoms with Gasteiger partial charge in [0.1, 0.15) is 6.33 Å². The number of thiophene rings is 1. The van der Waals surface area contributed by atoms with E-state index in [1.165, 1.54) is 23.7 Å². The highest BCUT2D eigenvalue weighted by Crippen LogP contribution is 2.34. The molecule has 0 radical (unpaired) electrons. The number of nitrogens with one attached hydrogen (secondary N) is 2. The van der Waals surface area contributed by atoms with Gasteiger partial charge in [-0.2, -0.15) is 0 Å². The number of ketones is 1. The molecule has 2 heterocycles. The van der Waals surface area contributed by atoms with E-state index in [0.29, 0.717) is 16.9 Å². The first-order valence-corrected chi connectivity index (χ1v) is 11.9. The SMILES string of the molecule is C=CC(=O)Cc1cccc(C)c1Nc1ncnc2c(C(=O)Nc3cccc4ccccc34)csc12. The lowest BCUT2D eigenvalue weighted by Gasteiger charge is -2.14. The molecular weight excluding hydrogens is 456 g/mol. The summed E-state index contributed by atoms with van der Waals surface area (Å²) in [5.74, 6) is 0.297. The molecule has 0 saturated carbocycles. The zero-order valence-corrected chi connectivity index (χ0v) is 19.9. The molecule has 3 aromatic carbocycles. The number of hydrogen-bond donors (Lipinski definition) is 2. The number of rotatable bonds is 7. The fourth-order valence-corrected chi connectivity index (χ4v) is 5.00. The number of fused-ring (bicyclic) bond motifs is 2. The van der Waals surface area contributed by atoms with Gasteiger partial charge in [-0.3, -0.25) is 9.59 Å². The fourth-order valence-electron chi connectivity index (χ4n) is 4.06. The van der Waals surface area contributed by atoms with Crippen molar-refractivity contribution in [2.24, 2.45) is 0 Å². The lowest BCUT2D eigenvalue weighted by molar-refractivity contribution is -0.114. The molecule has 0 fully saturated rings. The molecule has 5 rings (SSSR count). The highest BCUT2D eigenvalue weighted by atomic mass is 32.1. The maximum absolute atomic E-state index is 13.2. The molecule has 0 aliphatic rings. The van der Waals surface area contributed by atoms with Gasteiger partial charge in [0.15, 0.2) is 11.6 Å². The van der Waals surface area contributed by atoms with Gasteiger partial charge in [0, 0.05) is 28.6 Å². The van der Waals surface area contributed by atoms with E-state index < -0.39 is 0 Å². The van der Waals surface area contributed by atoms with Crippen LogP contribution in [0.2, 0.25) is 0 Å². The number of aromatic nitrogens is 2. The fraction of sp³-hybridized carbons (Fsp3) is 0.0714. The molecule has 35 heavy (non-hydrogen) atoms. The molecule has 172 valence electrons. The predicted octanol–water partition coefficient (Wildman–Crippen LogP) is 6.45. The molecule has 7 heteroatoms. The molecule has 0 saturated heterocycles. The molecular formula is C28H22N4O2S. The van der Waals surface area contributed by atoms with Crippen molar-refractivity contribution in [2.75, 3.05) is 10.6 Å². The standard InChI is InChI=1S/C28H22N4O2S/c1-3-20(33)14-19-11-6-8-17(2)24(19)32-27-26-25(29-16-30-27)22(15-35-26)28(34)31-23-13-7-10-18-9-4-5-12-21(18)23/h3-13,15-16H,1,14H2,2H3,(H,31,34)(H,29,30,32). The van der Waals surface area contributed by atoms with Crippen LogP contribution in [0.4, 0.5) is 17.2 Å². The highest BCUT2D eigenvalue weighted by Gasteiger charge is 2.18. The van der Waals surface area contributed by atoms with Crippen LogP contribution in [0.5, 0.6) is 0 Å². The second-order valence-corrected chi connectivity index (χ2v) is 8.99. The van der Waals surface area contributed by atoms with Gasteiger partial charge in [0.05, 0.1) is 15.8 Å². The Bertz CT molecular complexity index is 1600. The summed E-state index contributed by atoms with van der Waals surface area (Å²) in [7, 11) is 0. The lowest BCUT2D eigenvalue weighted by atomic mass is 10.0. The third-order valence-corrected chi connectivity index (χ3v) is 6.81. The molecule has 2 aromatic heterocycles. The monoisotopic (exact) mass is 478 g/mol. The van der Waals surface area contributed by atoms with Crippen molar-refractivity contribution in [3.63, 3.8) is 0 Å². The Morgan fingerprint density at radius 2 is 1.83 bits per heavy atom. The number of benzene rings is 3. The Balaban J connectivity index is 1.48. The van der Waals surface area contributed by atoms with Crippen molar-refractivity contribution in [2.45, 2.75) is 13.3 Å². The molecule has 2 N–H and O–H groups in total. The summed E-state index contributed by atoms with van der Waals surface area (Å²) in [5, 5.41) is 10.2. The number of aryl methyl sites for hydroxylation is 1. The summed E-state index contributed by atoms with van der Waals surface area (Å²) >= 11 is 1.40. The zero-order chi connectivity index (χ0) is 24.4. The number of hydrogen-bond acceptors (Lipinski definition) is 6. The van der Waals surface area contributed by atoms with Crippen LogP contribution in [0.15, 0.2) is 85.0 Å². The minimum Gasteiger partial charge on any atom is -0.338 e. The van der Waals surface area contributed by atoms with Gasteiger partial charge in [-0.1, -0.05) is 61.2 Å².